The van der Waals surface area contributed by atoms with Crippen LogP contribution in [0, 0.1) is 5.92 Å². The van der Waals surface area contributed by atoms with Crippen LogP contribution in [0.15, 0.2) is 23.8 Å². The number of hydrogen-bond acceptors (Lipinski definition) is 18. The third-order valence-corrected chi connectivity index (χ3v) is 10.5. The highest BCUT2D eigenvalue weighted by Crippen LogP contribution is 2.59. The van der Waals surface area contributed by atoms with Crippen LogP contribution in [0.2, 0.25) is 0 Å². The van der Waals surface area contributed by atoms with E-state index in [-0.39, 0.29) is 34.1 Å². The predicted molar refractivity (Wildman–Crippen MR) is 159 cm³/mol. The van der Waals surface area contributed by atoms with Gasteiger partial charge in [0.2, 0.25) is 5.95 Å². The number of anilines is 2. The zero-order valence-corrected chi connectivity index (χ0v) is 26.4. The molecule has 0 aliphatic carbocycles. The molecule has 4 aromatic rings. The molecule has 0 radical (unpaired) electrons. The van der Waals surface area contributed by atoms with Gasteiger partial charge in [0.25, 0.3) is 5.56 Å². The van der Waals surface area contributed by atoms with Gasteiger partial charge in [-0.1, -0.05) is 19.2 Å². The topological polar surface area (TPSA) is 289 Å². The molecule has 21 nitrogen and oxygen atoms in total. The van der Waals surface area contributed by atoms with Crippen LogP contribution in [0.4, 0.5) is 11.8 Å². The Morgan fingerprint density at radius 1 is 1.17 bits per heavy atom. The van der Waals surface area contributed by atoms with Crippen molar-refractivity contribution in [1.82, 2.24) is 39.0 Å². The standard InChI is InChI=1S/C22H28N10O11P2S/c1-8-14-22(3-33,41-19(8)32-7-28-11-17(32)29-21(24)30-18(11)35)4-38-44(36)42-13-9(2-39-45(37,46)43-14)40-20(12(13)34)31-6-27-10-15(23)25-5-26-16(10)31/h5-9,12-14,19-20,33-34,44H,2-4H2,1H3,(H,37,46)(H2,23,25,26)(H3,24,29,30,35)/t8-,9-,12-,13-,14+,19-,20-,22-,45+/m1/s1. The first-order valence-electron chi connectivity index (χ1n) is 13.7. The summed E-state index contributed by atoms with van der Waals surface area (Å²) in [7, 11) is -3.44. The normalized spacial score (nSPS) is 37.1. The van der Waals surface area contributed by atoms with Crippen molar-refractivity contribution in [2.24, 2.45) is 5.92 Å². The summed E-state index contributed by atoms with van der Waals surface area (Å²) < 4.78 is 64.6. The van der Waals surface area contributed by atoms with Crippen LogP contribution in [0.25, 0.3) is 22.3 Å². The van der Waals surface area contributed by atoms with E-state index in [1.54, 1.807) is 6.92 Å². The molecule has 0 amide bonds. The molecule has 0 bridgehead atoms. The minimum atomic E-state index is -4.29. The van der Waals surface area contributed by atoms with Gasteiger partial charge in [-0.2, -0.15) is 4.98 Å². The van der Waals surface area contributed by atoms with Gasteiger partial charge in [0.1, 0.15) is 48.1 Å². The molecule has 7 N–H and O–H groups in total. The number of nitrogens with one attached hydrogen (secondary N) is 1. The summed E-state index contributed by atoms with van der Waals surface area (Å²) in [4.78, 5) is 35.2. The van der Waals surface area contributed by atoms with Crippen molar-refractivity contribution in [2.75, 3.05) is 31.3 Å². The zero-order valence-electron chi connectivity index (χ0n) is 23.6. The van der Waals surface area contributed by atoms with E-state index in [1.165, 1.54) is 28.1 Å². The van der Waals surface area contributed by atoms with Gasteiger partial charge in [0.15, 0.2) is 28.9 Å². The lowest BCUT2D eigenvalue weighted by molar-refractivity contribution is -0.143. The zero-order chi connectivity index (χ0) is 32.5. The Morgan fingerprint density at radius 3 is 2.67 bits per heavy atom. The minimum absolute atomic E-state index is 0.0317. The fourth-order valence-electron chi connectivity index (χ4n) is 5.92. The van der Waals surface area contributed by atoms with Gasteiger partial charge in [-0.05, 0) is 0 Å². The maximum atomic E-state index is 13.7. The average molecular weight is 703 g/mol. The summed E-state index contributed by atoms with van der Waals surface area (Å²) in [6.07, 6.45) is -3.60. The number of nitrogens with zero attached hydrogens (tertiary/aromatic N) is 7. The lowest BCUT2D eigenvalue weighted by Crippen LogP contribution is -2.49. The number of hydrogen-bond donors (Lipinski definition) is 6. The molecule has 7 rings (SSSR count). The molecule has 3 aliphatic heterocycles. The highest BCUT2D eigenvalue weighted by Gasteiger charge is 2.58. The molecule has 0 saturated carbocycles. The van der Waals surface area contributed by atoms with Crippen molar-refractivity contribution < 1.29 is 46.9 Å². The molecule has 3 saturated heterocycles. The number of H-pyrrole nitrogens is 1. The van der Waals surface area contributed by atoms with E-state index in [1.807, 2.05) is 0 Å². The first kappa shape index (κ1) is 31.6. The van der Waals surface area contributed by atoms with Crippen molar-refractivity contribution in [3.05, 3.63) is 29.3 Å². The number of aromatic nitrogens is 8. The number of aliphatic hydroxyl groups excluding tert-OH is 2. The summed E-state index contributed by atoms with van der Waals surface area (Å²) in [5.41, 5.74) is 9.77. The van der Waals surface area contributed by atoms with Crippen LogP contribution < -0.4 is 17.0 Å². The molecule has 24 heteroatoms. The number of thiol groups is 1. The Hall–Kier alpha value is -3.01. The molecule has 0 spiro atoms. The highest BCUT2D eigenvalue weighted by atomic mass is 32.7. The van der Waals surface area contributed by atoms with Crippen molar-refractivity contribution >= 4 is 61.4 Å². The Morgan fingerprint density at radius 2 is 1.91 bits per heavy atom. The Bertz CT molecular complexity index is 1940. The monoisotopic (exact) mass is 702 g/mol. The average Bonchev–Trinajstić information content (AvgIpc) is 3.76. The third-order valence-electron chi connectivity index (χ3n) is 8.08. The van der Waals surface area contributed by atoms with E-state index < -0.39 is 88.8 Å². The predicted octanol–water partition coefficient (Wildman–Crippen LogP) is -0.477. The highest BCUT2D eigenvalue weighted by molar-refractivity contribution is 8.44. The molecular weight excluding hydrogens is 674 g/mol. The largest absolute Gasteiger partial charge is 0.393 e. The molecule has 0 aromatic carbocycles. The Kier molecular flexibility index (Phi) is 7.96. The second-order valence-corrected chi connectivity index (χ2v) is 14.8. The Balaban J connectivity index is 1.19. The number of ether oxygens (including phenoxy) is 2. The number of aromatic amines is 1. The van der Waals surface area contributed by atoms with Crippen LogP contribution in [-0.2, 0) is 36.7 Å². The van der Waals surface area contributed by atoms with Crippen molar-refractivity contribution in [1.29, 1.82) is 0 Å². The summed E-state index contributed by atoms with van der Waals surface area (Å²) in [5.74, 6) is -0.824. The first-order chi connectivity index (χ1) is 21.9. The van der Waals surface area contributed by atoms with Gasteiger partial charge in [0.05, 0.1) is 32.5 Å². The molecule has 10 atom stereocenters. The van der Waals surface area contributed by atoms with Gasteiger partial charge in [-0.25, -0.2) is 24.5 Å². The van der Waals surface area contributed by atoms with E-state index in [0.29, 0.717) is 0 Å². The van der Waals surface area contributed by atoms with Gasteiger partial charge < -0.3 is 40.2 Å². The van der Waals surface area contributed by atoms with E-state index in [0.717, 1.165) is 0 Å². The molecule has 46 heavy (non-hydrogen) atoms. The van der Waals surface area contributed by atoms with E-state index in [2.05, 4.69) is 42.2 Å². The molecule has 4 aromatic heterocycles. The molecule has 3 aliphatic rings. The number of fused-ring (bicyclic) bond motifs is 4. The maximum Gasteiger partial charge on any atom is 0.386 e. The van der Waals surface area contributed by atoms with Crippen LogP contribution >= 0.6 is 27.3 Å². The molecule has 1 unspecified atom stereocenters. The van der Waals surface area contributed by atoms with Crippen molar-refractivity contribution in [3.63, 3.8) is 0 Å². The second kappa shape index (κ2) is 11.6. The lowest BCUT2D eigenvalue weighted by atomic mass is 9.92. The smallest absolute Gasteiger partial charge is 0.386 e. The fourth-order valence-corrected chi connectivity index (χ4v) is 8.43. The summed E-state index contributed by atoms with van der Waals surface area (Å²) in [6, 6.07) is 0. The number of rotatable bonds is 3. The van der Waals surface area contributed by atoms with E-state index >= 15 is 0 Å². The van der Waals surface area contributed by atoms with Crippen LogP contribution in [0.3, 0.4) is 0 Å². The number of nitrogen functional groups attached to an aromatic ring is 2. The number of nitrogens with two attached hydrogens (primary N) is 2. The Labute approximate surface area is 263 Å². The van der Waals surface area contributed by atoms with Gasteiger partial charge in [0, 0.05) is 5.92 Å². The van der Waals surface area contributed by atoms with Gasteiger partial charge in [-0.3, -0.25) is 32.5 Å². The minimum Gasteiger partial charge on any atom is -0.393 e. The van der Waals surface area contributed by atoms with Crippen LogP contribution in [-0.4, -0.2) is 99.1 Å². The molecule has 7 heterocycles. The number of aliphatic hydroxyl groups is 2. The quantitative estimate of drug-likeness (QED) is 0.116. The van der Waals surface area contributed by atoms with Gasteiger partial charge >= 0.3 is 15.1 Å². The summed E-state index contributed by atoms with van der Waals surface area (Å²) in [6.45, 7) is -4.51. The van der Waals surface area contributed by atoms with E-state index in [9.17, 15) is 24.1 Å². The summed E-state index contributed by atoms with van der Waals surface area (Å²) >= 11 is 4.16. The number of imidazole rings is 2. The van der Waals surface area contributed by atoms with E-state index in [4.69, 9.17) is 39.0 Å². The third kappa shape index (κ3) is 5.23. The molecule has 3 fully saturated rings. The summed E-state index contributed by atoms with van der Waals surface area (Å²) in [5, 5.41) is 21.9. The van der Waals surface area contributed by atoms with Crippen molar-refractivity contribution in [2.45, 2.75) is 49.4 Å². The van der Waals surface area contributed by atoms with Crippen molar-refractivity contribution in [3.8, 4) is 0 Å². The maximum absolute atomic E-state index is 13.7. The molecule has 248 valence electrons. The first-order valence-corrected chi connectivity index (χ1v) is 17.6. The lowest BCUT2D eigenvalue weighted by Gasteiger charge is -2.34. The van der Waals surface area contributed by atoms with Gasteiger partial charge in [-0.15, -0.1) is 0 Å². The van der Waals surface area contributed by atoms with Crippen LogP contribution in [0.5, 0.6) is 0 Å². The van der Waals surface area contributed by atoms with Crippen LogP contribution in [0.1, 0.15) is 19.4 Å². The second-order valence-electron chi connectivity index (χ2n) is 10.9. The molecular formula is C22H28N10O11P2S. The SMILES string of the molecule is C[C@H]1[C@H](n2cnc3c(=O)[nH]c(N)nc32)O[C@]2(CO)CO[PH](=O)O[C@H]3[C@@H](O)[C@H](n4cnc5c(N)ncnc54)O[C@@H]3CO[P@](=O)(S)O[C@@H]12. The fraction of sp³-hybridized carbons (Fsp3) is 0.545.